The SMILES string of the molecule is CC(C(=O)NC(C(=O)N1Cc2ccccc2[C@H]1C(=O)Nc1cc(C(=O)OCc2ccccc2)ccc1F)C1CCOCC1)N(C)C(=O)OC(C)(C)C. The van der Waals surface area contributed by atoms with Crippen molar-refractivity contribution >= 4 is 35.5 Å². The van der Waals surface area contributed by atoms with Gasteiger partial charge >= 0.3 is 12.1 Å². The van der Waals surface area contributed by atoms with Gasteiger partial charge in [-0.2, -0.15) is 0 Å². The molecule has 52 heavy (non-hydrogen) atoms. The Morgan fingerprint density at radius 3 is 2.35 bits per heavy atom. The molecule has 1 saturated heterocycles. The second-order valence-corrected chi connectivity index (χ2v) is 14.0. The molecule has 276 valence electrons. The van der Waals surface area contributed by atoms with Crippen molar-refractivity contribution in [2.24, 2.45) is 5.92 Å². The number of amides is 4. The fourth-order valence-electron chi connectivity index (χ4n) is 6.18. The lowest BCUT2D eigenvalue weighted by Gasteiger charge is -2.36. The first-order chi connectivity index (χ1) is 24.7. The molecule has 2 N–H and O–H groups in total. The second kappa shape index (κ2) is 16.4. The molecule has 13 heteroatoms. The van der Waals surface area contributed by atoms with Crippen LogP contribution in [0.4, 0.5) is 14.9 Å². The van der Waals surface area contributed by atoms with Crippen molar-refractivity contribution in [2.75, 3.05) is 25.6 Å². The average molecular weight is 717 g/mol. The zero-order valence-corrected chi connectivity index (χ0v) is 30.0. The zero-order valence-electron chi connectivity index (χ0n) is 30.0. The number of likely N-dealkylation sites (N-methyl/N-ethyl adjacent to an activating group) is 1. The van der Waals surface area contributed by atoms with Crippen LogP contribution in [-0.2, 0) is 41.7 Å². The molecule has 2 aliphatic rings. The Hall–Kier alpha value is -5.30. The number of nitrogens with one attached hydrogen (secondary N) is 2. The van der Waals surface area contributed by atoms with Gasteiger partial charge in [0.25, 0.3) is 5.91 Å². The highest BCUT2D eigenvalue weighted by atomic mass is 19.1. The van der Waals surface area contributed by atoms with E-state index in [1.54, 1.807) is 57.2 Å². The van der Waals surface area contributed by atoms with E-state index >= 15 is 4.39 Å². The van der Waals surface area contributed by atoms with Gasteiger partial charge in [0.05, 0.1) is 11.3 Å². The molecule has 3 aromatic carbocycles. The Kier molecular flexibility index (Phi) is 11.9. The highest BCUT2D eigenvalue weighted by Crippen LogP contribution is 2.36. The predicted octanol–water partition coefficient (Wildman–Crippen LogP) is 5.37. The quantitative estimate of drug-likeness (QED) is 0.267. The van der Waals surface area contributed by atoms with E-state index in [0.29, 0.717) is 37.2 Å². The monoisotopic (exact) mass is 716 g/mol. The fourth-order valence-corrected chi connectivity index (χ4v) is 6.18. The maximum atomic E-state index is 15.1. The van der Waals surface area contributed by atoms with E-state index in [-0.39, 0.29) is 30.3 Å². The van der Waals surface area contributed by atoms with E-state index in [1.165, 1.54) is 31.0 Å². The maximum absolute atomic E-state index is 15.1. The van der Waals surface area contributed by atoms with E-state index in [1.807, 2.05) is 18.2 Å². The van der Waals surface area contributed by atoms with Crippen LogP contribution in [0.3, 0.4) is 0 Å². The molecule has 0 bridgehead atoms. The summed E-state index contributed by atoms with van der Waals surface area (Å²) in [7, 11) is 1.44. The van der Waals surface area contributed by atoms with Gasteiger partial charge in [-0.1, -0.05) is 54.6 Å². The molecular weight excluding hydrogens is 671 g/mol. The molecule has 0 aliphatic carbocycles. The van der Waals surface area contributed by atoms with Crippen molar-refractivity contribution in [3.05, 3.63) is 101 Å². The predicted molar refractivity (Wildman–Crippen MR) is 189 cm³/mol. The largest absolute Gasteiger partial charge is 0.457 e. The number of esters is 1. The van der Waals surface area contributed by atoms with Crippen molar-refractivity contribution in [2.45, 2.75) is 77.4 Å². The summed E-state index contributed by atoms with van der Waals surface area (Å²) in [4.78, 5) is 70.4. The third-order valence-electron chi connectivity index (χ3n) is 9.15. The van der Waals surface area contributed by atoms with Crippen LogP contribution in [0.1, 0.15) is 73.6 Å². The summed E-state index contributed by atoms with van der Waals surface area (Å²) in [6.07, 6.45) is 0.253. The van der Waals surface area contributed by atoms with Crippen LogP contribution in [0.2, 0.25) is 0 Å². The van der Waals surface area contributed by atoms with Crippen LogP contribution < -0.4 is 10.6 Å². The Balaban J connectivity index is 1.37. The number of carbonyl (C=O) groups excluding carboxylic acids is 5. The first-order valence-electron chi connectivity index (χ1n) is 17.3. The fraction of sp³-hybridized carbons (Fsp3) is 0.410. The summed E-state index contributed by atoms with van der Waals surface area (Å²) in [6.45, 7) is 7.52. The highest BCUT2D eigenvalue weighted by molar-refractivity contribution is 6.01. The number of hydrogen-bond acceptors (Lipinski definition) is 8. The van der Waals surface area contributed by atoms with E-state index in [0.717, 1.165) is 16.5 Å². The Morgan fingerprint density at radius 1 is 0.981 bits per heavy atom. The minimum absolute atomic E-state index is 0.00949. The van der Waals surface area contributed by atoms with Crippen molar-refractivity contribution < 1.29 is 42.6 Å². The van der Waals surface area contributed by atoms with Crippen LogP contribution >= 0.6 is 0 Å². The summed E-state index contributed by atoms with van der Waals surface area (Å²) >= 11 is 0. The first kappa shape index (κ1) is 37.9. The maximum Gasteiger partial charge on any atom is 0.410 e. The highest BCUT2D eigenvalue weighted by Gasteiger charge is 2.44. The molecule has 2 heterocycles. The molecule has 3 atom stereocenters. The normalized spacial score (nSPS) is 17.0. The number of halogens is 1. The molecular formula is C39H45FN4O8. The number of nitrogens with zero attached hydrogens (tertiary/aromatic N) is 2. The van der Waals surface area contributed by atoms with Gasteiger partial charge < -0.3 is 29.7 Å². The molecule has 2 unspecified atom stereocenters. The molecule has 0 aromatic heterocycles. The average Bonchev–Trinajstić information content (AvgIpc) is 3.53. The lowest BCUT2D eigenvalue weighted by Crippen LogP contribution is -2.57. The molecule has 12 nitrogen and oxygen atoms in total. The van der Waals surface area contributed by atoms with E-state index in [9.17, 15) is 24.0 Å². The van der Waals surface area contributed by atoms with E-state index < -0.39 is 59.3 Å². The smallest absolute Gasteiger partial charge is 0.410 e. The van der Waals surface area contributed by atoms with Crippen LogP contribution in [0.15, 0.2) is 72.8 Å². The van der Waals surface area contributed by atoms with Gasteiger partial charge in [-0.25, -0.2) is 14.0 Å². The lowest BCUT2D eigenvalue weighted by atomic mass is 9.90. The van der Waals surface area contributed by atoms with Crippen molar-refractivity contribution in [3.8, 4) is 0 Å². The number of fused-ring (bicyclic) bond motifs is 1. The number of carbonyl (C=O) groups is 5. The van der Waals surface area contributed by atoms with Crippen LogP contribution in [0, 0.1) is 11.7 Å². The first-order valence-corrected chi connectivity index (χ1v) is 17.3. The van der Waals surface area contributed by atoms with Gasteiger partial charge in [-0.15, -0.1) is 0 Å². The summed E-state index contributed by atoms with van der Waals surface area (Å²) in [6, 6.07) is 16.4. The molecule has 3 aromatic rings. The zero-order chi connectivity index (χ0) is 37.6. The summed E-state index contributed by atoms with van der Waals surface area (Å²) in [5.41, 5.74) is 1.02. The molecule has 2 aliphatic heterocycles. The third kappa shape index (κ3) is 9.13. The van der Waals surface area contributed by atoms with Gasteiger partial charge in [-0.3, -0.25) is 19.3 Å². The van der Waals surface area contributed by atoms with Crippen molar-refractivity contribution in [3.63, 3.8) is 0 Å². The molecule has 1 fully saturated rings. The Labute approximate surface area is 302 Å². The summed E-state index contributed by atoms with van der Waals surface area (Å²) in [5, 5.41) is 5.46. The minimum Gasteiger partial charge on any atom is -0.457 e. The van der Waals surface area contributed by atoms with E-state index in [4.69, 9.17) is 14.2 Å². The lowest BCUT2D eigenvalue weighted by molar-refractivity contribution is -0.144. The van der Waals surface area contributed by atoms with Gasteiger partial charge in [-0.05, 0) is 81.3 Å². The van der Waals surface area contributed by atoms with Crippen LogP contribution in [0.5, 0.6) is 0 Å². The van der Waals surface area contributed by atoms with Crippen LogP contribution in [-0.4, -0.2) is 77.5 Å². The van der Waals surface area contributed by atoms with Gasteiger partial charge in [0.1, 0.15) is 36.2 Å². The molecule has 0 radical (unpaired) electrons. The van der Waals surface area contributed by atoms with Gasteiger partial charge in [0.2, 0.25) is 11.8 Å². The Morgan fingerprint density at radius 2 is 1.65 bits per heavy atom. The standard InChI is InChI=1S/C39H45FN4O8/c1-24(43(5)38(49)52-39(2,3)4)34(45)42-32(26-17-19-50-20-18-26)36(47)44-22-28-13-9-10-14-29(28)33(44)35(46)41-31-21-27(15-16-30(31)40)37(48)51-23-25-11-7-6-8-12-25/h6-16,21,24,26,32-33H,17-20,22-23H2,1-5H3,(H,41,46)(H,42,45)/t24?,32?,33-/m0/s1. The van der Waals surface area contributed by atoms with Crippen molar-refractivity contribution in [1.29, 1.82) is 0 Å². The van der Waals surface area contributed by atoms with Gasteiger partial charge in [0, 0.05) is 26.8 Å². The van der Waals surface area contributed by atoms with Crippen LogP contribution in [0.25, 0.3) is 0 Å². The number of benzene rings is 3. The van der Waals surface area contributed by atoms with Crippen molar-refractivity contribution in [1.82, 2.24) is 15.1 Å². The third-order valence-corrected chi connectivity index (χ3v) is 9.15. The molecule has 4 amide bonds. The number of hydrogen-bond donors (Lipinski definition) is 2. The number of ether oxygens (including phenoxy) is 3. The molecule has 0 saturated carbocycles. The number of rotatable bonds is 10. The topological polar surface area (TPSA) is 144 Å². The summed E-state index contributed by atoms with van der Waals surface area (Å²) < 4.78 is 31.5. The molecule has 5 rings (SSSR count). The summed E-state index contributed by atoms with van der Waals surface area (Å²) in [5.74, 6) is -3.61. The van der Waals surface area contributed by atoms with Gasteiger partial charge in [0.15, 0.2) is 0 Å². The minimum atomic E-state index is -1.18. The van der Waals surface area contributed by atoms with E-state index in [2.05, 4.69) is 10.6 Å². The number of anilines is 1. The second-order valence-electron chi connectivity index (χ2n) is 14.0. The Bertz CT molecular complexity index is 1790. The molecule has 0 spiro atoms.